The Bertz CT molecular complexity index is 624. The van der Waals surface area contributed by atoms with Crippen molar-refractivity contribution in [1.29, 1.82) is 0 Å². The number of aldehydes is 1. The zero-order chi connectivity index (χ0) is 14.8. The van der Waals surface area contributed by atoms with E-state index < -0.39 is 37.6 Å². The van der Waals surface area contributed by atoms with Gasteiger partial charge in [0, 0.05) is 6.07 Å². The lowest BCUT2D eigenvalue weighted by Gasteiger charge is -2.09. The molecule has 1 aromatic rings. The van der Waals surface area contributed by atoms with Gasteiger partial charge in [0.1, 0.15) is 5.75 Å². The van der Waals surface area contributed by atoms with Crippen LogP contribution in [0.4, 0.5) is 18.9 Å². The Morgan fingerprint density at radius 1 is 1.32 bits per heavy atom. The summed E-state index contributed by atoms with van der Waals surface area (Å²) < 4.78 is 61.1. The maximum Gasteiger partial charge on any atom is 0.534 e. The van der Waals surface area contributed by atoms with E-state index in [-0.39, 0.29) is 6.29 Å². The van der Waals surface area contributed by atoms with Crippen LogP contribution in [-0.4, -0.2) is 25.1 Å². The lowest BCUT2D eigenvalue weighted by atomic mass is 10.2. The maximum absolute atomic E-state index is 12.0. The van der Waals surface area contributed by atoms with Gasteiger partial charge in [-0.25, -0.2) is 0 Å². The van der Waals surface area contributed by atoms with E-state index in [9.17, 15) is 36.5 Å². The summed E-state index contributed by atoms with van der Waals surface area (Å²) in [6.45, 7) is 0. The van der Waals surface area contributed by atoms with Crippen molar-refractivity contribution in [2.45, 2.75) is 5.51 Å². The highest BCUT2D eigenvalue weighted by atomic mass is 32.2. The third kappa shape index (κ3) is 3.19. The van der Waals surface area contributed by atoms with Crippen LogP contribution in [0.25, 0.3) is 0 Å². The van der Waals surface area contributed by atoms with Crippen molar-refractivity contribution in [3.63, 3.8) is 0 Å². The number of hydrogen-bond donors (Lipinski definition) is 0. The largest absolute Gasteiger partial charge is 0.534 e. The summed E-state index contributed by atoms with van der Waals surface area (Å²) in [5.74, 6) is -0.856. The van der Waals surface area contributed by atoms with E-state index >= 15 is 0 Å². The first-order valence-electron chi connectivity index (χ1n) is 4.33. The van der Waals surface area contributed by atoms with Gasteiger partial charge in [0.15, 0.2) is 6.29 Å². The average Bonchev–Trinajstić information content (AvgIpc) is 2.26. The Morgan fingerprint density at radius 3 is 2.32 bits per heavy atom. The molecule has 0 aromatic heterocycles. The Balaban J connectivity index is 3.19. The number of carbonyl (C=O) groups excluding carboxylic acids is 1. The molecule has 0 saturated carbocycles. The van der Waals surface area contributed by atoms with Crippen LogP contribution in [0.1, 0.15) is 10.4 Å². The first-order chi connectivity index (χ1) is 8.58. The normalized spacial score (nSPS) is 11.9. The van der Waals surface area contributed by atoms with Gasteiger partial charge in [-0.2, -0.15) is 21.6 Å². The van der Waals surface area contributed by atoms with Crippen molar-refractivity contribution in [3.05, 3.63) is 33.9 Å². The quantitative estimate of drug-likeness (QED) is 0.275. The highest BCUT2D eigenvalue weighted by molar-refractivity contribution is 7.88. The molecule has 0 N–H and O–H groups in total. The van der Waals surface area contributed by atoms with Crippen LogP contribution < -0.4 is 4.18 Å². The van der Waals surface area contributed by atoms with E-state index in [1.807, 2.05) is 0 Å². The number of alkyl halides is 3. The van der Waals surface area contributed by atoms with Crippen molar-refractivity contribution in [2.75, 3.05) is 0 Å². The molecule has 0 aliphatic heterocycles. The standard InChI is InChI=1S/C8H4F3NO6S/c9-8(10,11)19(16,17)18-6-1-2-7(12(14)15)5(3-6)4-13/h1-4H. The molecule has 104 valence electrons. The molecule has 0 unspecified atom stereocenters. The molecular weight excluding hydrogens is 295 g/mol. The van der Waals surface area contributed by atoms with Crippen LogP contribution >= 0.6 is 0 Å². The molecule has 19 heavy (non-hydrogen) atoms. The molecule has 0 spiro atoms. The van der Waals surface area contributed by atoms with Crippen LogP contribution in [-0.2, 0) is 10.1 Å². The fourth-order valence-corrected chi connectivity index (χ4v) is 1.47. The Hall–Kier alpha value is -2.17. The molecule has 1 rings (SSSR count). The maximum atomic E-state index is 12.0. The molecule has 0 aliphatic carbocycles. The van der Waals surface area contributed by atoms with Crippen molar-refractivity contribution < 1.29 is 35.5 Å². The molecule has 0 bridgehead atoms. The number of halogens is 3. The van der Waals surface area contributed by atoms with Gasteiger partial charge in [-0.05, 0) is 12.1 Å². The summed E-state index contributed by atoms with van der Waals surface area (Å²) in [5.41, 5.74) is -6.94. The Kier molecular flexibility index (Phi) is 3.79. The number of nitro groups is 1. The zero-order valence-corrected chi connectivity index (χ0v) is 9.56. The van der Waals surface area contributed by atoms with Gasteiger partial charge in [0.05, 0.1) is 10.5 Å². The van der Waals surface area contributed by atoms with Crippen LogP contribution in [0.15, 0.2) is 18.2 Å². The molecule has 0 radical (unpaired) electrons. The smallest absolute Gasteiger partial charge is 0.376 e. The van der Waals surface area contributed by atoms with Crippen LogP contribution in [0.3, 0.4) is 0 Å². The lowest BCUT2D eigenvalue weighted by Crippen LogP contribution is -2.28. The second-order valence-corrected chi connectivity index (χ2v) is 4.62. The van der Waals surface area contributed by atoms with Gasteiger partial charge >= 0.3 is 15.6 Å². The molecule has 7 nitrogen and oxygen atoms in total. The third-order valence-electron chi connectivity index (χ3n) is 1.81. The van der Waals surface area contributed by atoms with E-state index in [0.717, 1.165) is 0 Å². The second-order valence-electron chi connectivity index (χ2n) is 3.08. The van der Waals surface area contributed by atoms with Gasteiger partial charge in [-0.15, -0.1) is 0 Å². The molecule has 1 aromatic carbocycles. The van der Waals surface area contributed by atoms with Crippen molar-refractivity contribution in [1.82, 2.24) is 0 Å². The summed E-state index contributed by atoms with van der Waals surface area (Å²) in [4.78, 5) is 20.0. The summed E-state index contributed by atoms with van der Waals surface area (Å²) in [6.07, 6.45) is -0.00873. The topological polar surface area (TPSA) is 104 Å². The van der Waals surface area contributed by atoms with Crippen LogP contribution in [0, 0.1) is 10.1 Å². The number of nitro benzene ring substituents is 1. The monoisotopic (exact) mass is 299 g/mol. The molecule has 0 aliphatic rings. The minimum Gasteiger partial charge on any atom is -0.376 e. The average molecular weight is 299 g/mol. The lowest BCUT2D eigenvalue weighted by molar-refractivity contribution is -0.385. The number of benzene rings is 1. The molecule has 0 atom stereocenters. The fraction of sp³-hybridized carbons (Fsp3) is 0.125. The van der Waals surface area contributed by atoms with Crippen LogP contribution in [0.2, 0.25) is 0 Å². The van der Waals surface area contributed by atoms with Crippen molar-refractivity contribution >= 4 is 22.1 Å². The molecule has 0 heterocycles. The Labute approximate surface area is 103 Å². The van der Waals surface area contributed by atoms with E-state index in [0.29, 0.717) is 18.2 Å². The summed E-state index contributed by atoms with van der Waals surface area (Å²) in [5, 5.41) is 10.4. The van der Waals surface area contributed by atoms with E-state index in [4.69, 9.17) is 0 Å². The van der Waals surface area contributed by atoms with Gasteiger partial charge < -0.3 is 4.18 Å². The minimum absolute atomic E-state index is 0.00873. The molecule has 11 heteroatoms. The summed E-state index contributed by atoms with van der Waals surface area (Å²) in [7, 11) is -5.89. The van der Waals surface area contributed by atoms with Crippen LogP contribution in [0.5, 0.6) is 5.75 Å². The number of nitrogens with zero attached hydrogens (tertiary/aromatic N) is 1. The van der Waals surface area contributed by atoms with Crippen molar-refractivity contribution in [2.24, 2.45) is 0 Å². The third-order valence-corrected chi connectivity index (χ3v) is 2.79. The minimum atomic E-state index is -5.89. The molecular formula is C8H4F3NO6S. The highest BCUT2D eigenvalue weighted by Gasteiger charge is 2.48. The van der Waals surface area contributed by atoms with Gasteiger partial charge in [0.25, 0.3) is 5.69 Å². The SMILES string of the molecule is O=Cc1cc(OS(=O)(=O)C(F)(F)F)ccc1[N+](=O)[O-]. The molecule has 0 fully saturated rings. The zero-order valence-electron chi connectivity index (χ0n) is 8.75. The number of hydrogen-bond acceptors (Lipinski definition) is 6. The fourth-order valence-electron chi connectivity index (χ4n) is 1.02. The Morgan fingerprint density at radius 2 is 1.89 bits per heavy atom. The predicted molar refractivity (Wildman–Crippen MR) is 54.1 cm³/mol. The van der Waals surface area contributed by atoms with E-state index in [1.54, 1.807) is 0 Å². The van der Waals surface area contributed by atoms with E-state index in [2.05, 4.69) is 4.18 Å². The highest BCUT2D eigenvalue weighted by Crippen LogP contribution is 2.29. The van der Waals surface area contributed by atoms with E-state index in [1.165, 1.54) is 0 Å². The first kappa shape index (κ1) is 14.9. The summed E-state index contributed by atoms with van der Waals surface area (Å²) >= 11 is 0. The number of rotatable bonds is 4. The molecule has 0 amide bonds. The predicted octanol–water partition coefficient (Wildman–Crippen LogP) is 1.64. The number of carbonyl (C=O) groups is 1. The first-order valence-corrected chi connectivity index (χ1v) is 5.73. The molecule has 0 saturated heterocycles. The van der Waals surface area contributed by atoms with Gasteiger partial charge in [-0.3, -0.25) is 14.9 Å². The van der Waals surface area contributed by atoms with Gasteiger partial charge in [0.2, 0.25) is 0 Å². The van der Waals surface area contributed by atoms with Crippen molar-refractivity contribution in [3.8, 4) is 5.75 Å². The second kappa shape index (κ2) is 4.84. The summed E-state index contributed by atoms with van der Waals surface area (Å²) in [6, 6.07) is 1.81. The van der Waals surface area contributed by atoms with Gasteiger partial charge in [-0.1, -0.05) is 0 Å².